The van der Waals surface area contributed by atoms with Crippen molar-refractivity contribution in [1.29, 1.82) is 0 Å². The van der Waals surface area contributed by atoms with Crippen LogP contribution in [0.15, 0.2) is 0 Å². The molecule has 10 heavy (non-hydrogen) atoms. The van der Waals surface area contributed by atoms with Crippen LogP contribution in [0.2, 0.25) is 0 Å². The van der Waals surface area contributed by atoms with Gasteiger partial charge in [-0.2, -0.15) is 0 Å². The molecule has 3 amide bonds. The zero-order chi connectivity index (χ0) is 7.89. The molecule has 0 aromatic rings. The van der Waals surface area contributed by atoms with Gasteiger partial charge >= 0.3 is 6.03 Å². The molecular weight excluding hydrogens is 132 g/mol. The molecule has 1 aliphatic rings. The second kappa shape index (κ2) is 1.97. The first-order valence-corrected chi connectivity index (χ1v) is 3.10. The number of hydrogen-bond donors (Lipinski definition) is 0. The maximum absolute atomic E-state index is 11.0. The van der Waals surface area contributed by atoms with E-state index in [0.717, 1.165) is 4.90 Å². The number of likely N-dealkylation sites (N-methyl/N-ethyl adjacent to an activating group) is 2. The molecule has 1 atom stereocenters. The summed E-state index contributed by atoms with van der Waals surface area (Å²) in [5.41, 5.74) is 0. The molecule has 0 bridgehead atoms. The Morgan fingerprint density at radius 1 is 1.30 bits per heavy atom. The maximum atomic E-state index is 11.0. The number of amides is 3. The first-order chi connectivity index (χ1) is 4.55. The molecule has 0 saturated carbocycles. The average Bonchev–Trinajstić information content (AvgIpc) is 2.07. The van der Waals surface area contributed by atoms with Gasteiger partial charge in [0.2, 0.25) is 0 Å². The smallest absolute Gasteiger partial charge is 0.316 e. The van der Waals surface area contributed by atoms with Crippen LogP contribution in [0, 0.1) is 0 Å². The van der Waals surface area contributed by atoms with Gasteiger partial charge in [-0.25, -0.2) is 4.79 Å². The fraction of sp³-hybridized carbons (Fsp3) is 0.667. The number of hydrogen-bond acceptors (Lipinski definition) is 2. The number of rotatable bonds is 0. The van der Waals surface area contributed by atoms with E-state index in [2.05, 4.69) is 0 Å². The van der Waals surface area contributed by atoms with Crippen LogP contribution in [0.5, 0.6) is 0 Å². The molecule has 1 fully saturated rings. The van der Waals surface area contributed by atoms with E-state index in [9.17, 15) is 9.59 Å². The van der Waals surface area contributed by atoms with Crippen LogP contribution in [0.25, 0.3) is 0 Å². The Morgan fingerprint density at radius 2 is 1.80 bits per heavy atom. The highest BCUT2D eigenvalue weighted by Gasteiger charge is 2.37. The Labute approximate surface area is 59.4 Å². The summed E-state index contributed by atoms with van der Waals surface area (Å²) in [4.78, 5) is 24.5. The second-order valence-electron chi connectivity index (χ2n) is 2.47. The van der Waals surface area contributed by atoms with Crippen molar-refractivity contribution in [2.45, 2.75) is 13.0 Å². The van der Waals surface area contributed by atoms with E-state index in [4.69, 9.17) is 0 Å². The molecule has 1 saturated heterocycles. The van der Waals surface area contributed by atoms with Gasteiger partial charge in [-0.3, -0.25) is 9.69 Å². The lowest BCUT2D eigenvalue weighted by Crippen LogP contribution is -2.28. The molecule has 0 aromatic carbocycles. The predicted molar refractivity (Wildman–Crippen MR) is 35.4 cm³/mol. The van der Waals surface area contributed by atoms with Crippen LogP contribution >= 0.6 is 0 Å². The molecule has 1 heterocycles. The van der Waals surface area contributed by atoms with Gasteiger partial charge in [0.25, 0.3) is 5.91 Å². The van der Waals surface area contributed by atoms with E-state index in [1.165, 1.54) is 11.9 Å². The lowest BCUT2D eigenvalue weighted by Gasteiger charge is -2.09. The third kappa shape index (κ3) is 0.683. The largest absolute Gasteiger partial charge is 0.326 e. The third-order valence-corrected chi connectivity index (χ3v) is 1.86. The number of imide groups is 1. The van der Waals surface area contributed by atoms with Crippen LogP contribution < -0.4 is 0 Å². The third-order valence-electron chi connectivity index (χ3n) is 1.86. The zero-order valence-corrected chi connectivity index (χ0v) is 6.29. The van der Waals surface area contributed by atoms with Crippen molar-refractivity contribution in [3.05, 3.63) is 0 Å². The van der Waals surface area contributed by atoms with Gasteiger partial charge in [0.05, 0.1) is 0 Å². The molecule has 1 rings (SSSR count). The minimum atomic E-state index is -0.294. The Balaban J connectivity index is 2.89. The lowest BCUT2D eigenvalue weighted by molar-refractivity contribution is -0.126. The van der Waals surface area contributed by atoms with Crippen molar-refractivity contribution in [1.82, 2.24) is 9.80 Å². The van der Waals surface area contributed by atoms with Crippen molar-refractivity contribution in [3.63, 3.8) is 0 Å². The topological polar surface area (TPSA) is 40.6 Å². The number of nitrogens with zero attached hydrogens (tertiary/aromatic N) is 2. The van der Waals surface area contributed by atoms with E-state index in [1.807, 2.05) is 0 Å². The first kappa shape index (κ1) is 7.05. The molecule has 4 heteroatoms. The van der Waals surface area contributed by atoms with Crippen molar-refractivity contribution < 1.29 is 9.59 Å². The zero-order valence-electron chi connectivity index (χ0n) is 6.29. The summed E-state index contributed by atoms with van der Waals surface area (Å²) < 4.78 is 0. The first-order valence-electron chi connectivity index (χ1n) is 3.10. The van der Waals surface area contributed by atoms with E-state index in [0.29, 0.717) is 0 Å². The summed E-state index contributed by atoms with van der Waals surface area (Å²) in [6, 6.07) is -0.519. The van der Waals surface area contributed by atoms with Crippen molar-refractivity contribution in [2.24, 2.45) is 0 Å². The molecule has 0 radical (unpaired) electrons. The van der Waals surface area contributed by atoms with E-state index in [1.54, 1.807) is 14.0 Å². The summed E-state index contributed by atoms with van der Waals surface area (Å²) in [6.07, 6.45) is 0. The monoisotopic (exact) mass is 142 g/mol. The van der Waals surface area contributed by atoms with Crippen LogP contribution in [-0.4, -0.2) is 41.9 Å². The summed E-state index contributed by atoms with van der Waals surface area (Å²) in [5.74, 6) is -0.132. The predicted octanol–water partition coefficient (Wildman–Crippen LogP) is -0.101. The molecule has 0 N–H and O–H groups in total. The highest BCUT2D eigenvalue weighted by atomic mass is 16.2. The van der Waals surface area contributed by atoms with Crippen LogP contribution in [0.4, 0.5) is 4.79 Å². The standard InChI is InChI=1S/C6H10N2O2/c1-4-5(9)8(3)6(10)7(4)2/h4H,1-3H3/t4-/m1/s1. The van der Waals surface area contributed by atoms with E-state index in [-0.39, 0.29) is 18.0 Å². The van der Waals surface area contributed by atoms with Gasteiger partial charge in [0.15, 0.2) is 0 Å². The Bertz CT molecular complexity index is 170. The van der Waals surface area contributed by atoms with Gasteiger partial charge in [-0.15, -0.1) is 0 Å². The van der Waals surface area contributed by atoms with Crippen LogP contribution in [0.3, 0.4) is 0 Å². The van der Waals surface area contributed by atoms with Crippen molar-refractivity contribution in [3.8, 4) is 0 Å². The van der Waals surface area contributed by atoms with Crippen molar-refractivity contribution >= 4 is 11.9 Å². The maximum Gasteiger partial charge on any atom is 0.326 e. The summed E-state index contributed by atoms with van der Waals surface area (Å²) in [7, 11) is 3.11. The highest BCUT2D eigenvalue weighted by Crippen LogP contribution is 2.11. The number of carbonyl (C=O) groups is 2. The minimum absolute atomic E-state index is 0.132. The van der Waals surface area contributed by atoms with Gasteiger partial charge < -0.3 is 4.90 Å². The average molecular weight is 142 g/mol. The fourth-order valence-electron chi connectivity index (χ4n) is 0.942. The highest BCUT2D eigenvalue weighted by molar-refractivity contribution is 6.03. The summed E-state index contributed by atoms with van der Waals surface area (Å²) in [5, 5.41) is 0. The van der Waals surface area contributed by atoms with Gasteiger partial charge in [0.1, 0.15) is 6.04 Å². The lowest BCUT2D eigenvalue weighted by atomic mass is 10.3. The molecule has 4 nitrogen and oxygen atoms in total. The summed E-state index contributed by atoms with van der Waals surface area (Å²) in [6.45, 7) is 1.71. The Kier molecular flexibility index (Phi) is 1.39. The number of urea groups is 1. The SMILES string of the molecule is C[C@@H]1C(=O)N(C)C(=O)N1C. The molecule has 0 aliphatic carbocycles. The van der Waals surface area contributed by atoms with Gasteiger partial charge in [0, 0.05) is 14.1 Å². The number of carbonyl (C=O) groups excluding carboxylic acids is 2. The fourth-order valence-corrected chi connectivity index (χ4v) is 0.942. The van der Waals surface area contributed by atoms with Crippen LogP contribution in [-0.2, 0) is 4.79 Å². The van der Waals surface area contributed by atoms with E-state index >= 15 is 0 Å². The normalized spacial score (nSPS) is 26.5. The molecule has 0 aromatic heterocycles. The molecule has 56 valence electrons. The van der Waals surface area contributed by atoms with E-state index < -0.39 is 0 Å². The molecule has 0 spiro atoms. The summed E-state index contributed by atoms with van der Waals surface area (Å²) >= 11 is 0. The van der Waals surface area contributed by atoms with Crippen LogP contribution in [0.1, 0.15) is 6.92 Å². The second-order valence-corrected chi connectivity index (χ2v) is 2.47. The molecular formula is C6H10N2O2. The van der Waals surface area contributed by atoms with Gasteiger partial charge in [-0.05, 0) is 6.92 Å². The van der Waals surface area contributed by atoms with Crippen molar-refractivity contribution in [2.75, 3.05) is 14.1 Å². The minimum Gasteiger partial charge on any atom is -0.316 e. The molecule has 0 unspecified atom stereocenters. The molecule has 1 aliphatic heterocycles. The van der Waals surface area contributed by atoms with Gasteiger partial charge in [-0.1, -0.05) is 0 Å². The Morgan fingerprint density at radius 3 is 1.90 bits per heavy atom. The Hall–Kier alpha value is -1.06. The quantitative estimate of drug-likeness (QED) is 0.443.